The quantitative estimate of drug-likeness (QED) is 0.0406. The van der Waals surface area contributed by atoms with Gasteiger partial charge in [-0.1, -0.05) is 33.8 Å². The van der Waals surface area contributed by atoms with Crippen LogP contribution < -0.4 is 42.5 Å². The van der Waals surface area contributed by atoms with Gasteiger partial charge in [-0.2, -0.15) is 0 Å². The molecule has 8 N–H and O–H groups in total. The number of carbonyl (C=O) groups excluding carboxylic acids is 8. The molecule has 4 aromatic heterocycles. The largest absolute Gasteiger partial charge is 0.351 e. The zero-order valence-electron chi connectivity index (χ0n) is 42.2. The van der Waals surface area contributed by atoms with Crippen LogP contribution >= 0.6 is 22.7 Å². The second kappa shape index (κ2) is 25.7. The molecule has 4 heterocycles. The molecule has 0 aliphatic carbocycles. The summed E-state index contributed by atoms with van der Waals surface area (Å²) in [6.07, 6.45) is 4.60. The number of benzene rings is 1. The third-order valence-electron chi connectivity index (χ3n) is 10.6. The molecule has 1 aromatic carbocycles. The molecule has 0 unspecified atom stereocenters. The number of hydrogen-bond acceptors (Lipinski definition) is 14. The molecule has 72 heavy (non-hydrogen) atoms. The van der Waals surface area contributed by atoms with E-state index in [-0.39, 0.29) is 79.2 Å². The van der Waals surface area contributed by atoms with Crippen LogP contribution in [-0.2, 0) is 23.7 Å². The molecule has 0 atom stereocenters. The van der Waals surface area contributed by atoms with Crippen LogP contribution in [0.1, 0.15) is 125 Å². The highest BCUT2D eigenvalue weighted by atomic mass is 32.1. The van der Waals surface area contributed by atoms with Crippen LogP contribution in [0.5, 0.6) is 0 Å². The van der Waals surface area contributed by atoms with Crippen LogP contribution in [-0.4, -0.2) is 144 Å². The summed E-state index contributed by atoms with van der Waals surface area (Å²) in [6.45, 7) is 9.49. The predicted octanol–water partition coefficient (Wildman–Crippen LogP) is 4.13. The van der Waals surface area contributed by atoms with Crippen LogP contribution in [0, 0.1) is 0 Å². The summed E-state index contributed by atoms with van der Waals surface area (Å²) in [6, 6.07) is 8.63. The number of aromatic nitrogens is 4. The van der Waals surface area contributed by atoms with Gasteiger partial charge in [-0.3, -0.25) is 49.0 Å². The van der Waals surface area contributed by atoms with Crippen LogP contribution in [0.3, 0.4) is 0 Å². The van der Waals surface area contributed by atoms with Crippen molar-refractivity contribution < 1.29 is 38.4 Å². The van der Waals surface area contributed by atoms with Crippen LogP contribution in [0.15, 0.2) is 48.8 Å². The van der Waals surface area contributed by atoms with E-state index in [9.17, 15) is 38.4 Å². The lowest BCUT2D eigenvalue weighted by molar-refractivity contribution is -0.116. The van der Waals surface area contributed by atoms with Crippen molar-refractivity contribution in [2.24, 2.45) is 14.1 Å². The van der Waals surface area contributed by atoms with Gasteiger partial charge in [-0.05, 0) is 96.3 Å². The summed E-state index contributed by atoms with van der Waals surface area (Å²) < 4.78 is 3.03. The Balaban J connectivity index is 1.08. The van der Waals surface area contributed by atoms with Gasteiger partial charge in [0.15, 0.2) is 10.3 Å². The number of rotatable bonds is 24. The monoisotopic (exact) mass is 1030 g/mol. The van der Waals surface area contributed by atoms with Gasteiger partial charge in [0, 0.05) is 60.5 Å². The molecule has 0 fully saturated rings. The number of amides is 8. The molecule has 0 saturated heterocycles. The summed E-state index contributed by atoms with van der Waals surface area (Å²) in [5.41, 5.74) is 1.66. The molecule has 8 amide bonds. The maximum Gasteiger partial charge on any atom is 0.274 e. The van der Waals surface area contributed by atoms with E-state index < -0.39 is 48.5 Å². The third-order valence-corrected chi connectivity index (χ3v) is 13.2. The highest BCUT2D eigenvalue weighted by Gasteiger charge is 2.25. The van der Waals surface area contributed by atoms with Crippen LogP contribution in [0.2, 0.25) is 0 Å². The van der Waals surface area contributed by atoms with Crippen molar-refractivity contribution in [3.05, 3.63) is 92.4 Å². The van der Waals surface area contributed by atoms with E-state index in [1.165, 1.54) is 80.6 Å². The Morgan fingerprint density at radius 1 is 0.542 bits per heavy atom. The molecule has 5 rings (SSSR count). The van der Waals surface area contributed by atoms with Crippen LogP contribution in [0.25, 0.3) is 0 Å². The van der Waals surface area contributed by atoms with Crippen LogP contribution in [0.4, 0.5) is 21.6 Å². The summed E-state index contributed by atoms with van der Waals surface area (Å²) in [5, 5.41) is 22.1. The fourth-order valence-corrected chi connectivity index (χ4v) is 8.94. The molecule has 0 saturated carbocycles. The molecule has 0 aliphatic rings. The van der Waals surface area contributed by atoms with E-state index in [0.29, 0.717) is 13.1 Å². The number of thiazole rings is 2. The molecule has 5 aromatic rings. The first kappa shape index (κ1) is 55.6. The third kappa shape index (κ3) is 15.9. The topological polar surface area (TPSA) is 275 Å². The minimum atomic E-state index is -0.646. The Morgan fingerprint density at radius 2 is 0.931 bits per heavy atom. The van der Waals surface area contributed by atoms with Crippen molar-refractivity contribution >= 4 is 91.6 Å². The van der Waals surface area contributed by atoms with Gasteiger partial charge >= 0.3 is 0 Å². The van der Waals surface area contributed by atoms with E-state index in [2.05, 4.69) is 52.5 Å². The van der Waals surface area contributed by atoms with Crippen molar-refractivity contribution in [1.82, 2.24) is 50.2 Å². The number of hydrogen-bond donors (Lipinski definition) is 8. The zero-order valence-corrected chi connectivity index (χ0v) is 43.8. The molecule has 24 heteroatoms. The van der Waals surface area contributed by atoms with E-state index in [1.54, 1.807) is 14.1 Å². The fourth-order valence-electron chi connectivity index (χ4n) is 7.02. The lowest BCUT2D eigenvalue weighted by Gasteiger charge is -2.10. The standard InChI is InChI=1S/C48H64N14O8S2/c1-27(2)39-37(45(69)49-16-12-18-59(5)6)55-47(71-39)57-43(67)33-21-31(25-61(33)9)53-35(63)23-51-41(65)29-14-11-15-30(20-29)42(66)52-24-36(64)54-32-22-34(62(10)26-32)44(68)58-48-56-38(40(72-48)28(3)4)46(70)50-17-13-19-60(7)8/h11,14-15,20-22,25-28H,12-13,16-19,23-24H2,1-10H3,(H,49,69)(H,50,70)(H,51,65)(H,52,66)(H,53,63)(H,54,64)(H,55,57,67)(H,56,58,68). The maximum atomic E-state index is 13.3. The SMILES string of the molecule is CC(C)c1sc(NC(=O)c2cc(NC(=O)CNC(=O)c3cccc(C(=O)NCC(=O)Nc4cc(C(=O)Nc5nc(C(=O)NCCCN(C)C)c(C(C)C)s5)n(C)c4)c3)cn2C)nc1C(=O)NCCCN(C)C. The van der Waals surface area contributed by atoms with Gasteiger partial charge in [-0.25, -0.2) is 9.97 Å². The Kier molecular flexibility index (Phi) is 19.9. The summed E-state index contributed by atoms with van der Waals surface area (Å²) in [5.74, 6) is -4.14. The Morgan fingerprint density at radius 3 is 1.29 bits per heavy atom. The van der Waals surface area contributed by atoms with Gasteiger partial charge in [-0.15, -0.1) is 22.7 Å². The fraction of sp³-hybridized carbons (Fsp3) is 0.417. The molecule has 0 aliphatic heterocycles. The first-order chi connectivity index (χ1) is 34.1. The number of anilines is 4. The highest BCUT2D eigenvalue weighted by molar-refractivity contribution is 7.16. The number of nitrogens with zero attached hydrogens (tertiary/aromatic N) is 6. The summed E-state index contributed by atoms with van der Waals surface area (Å²) in [7, 11) is 11.1. The average molecular weight is 1030 g/mol. The lowest BCUT2D eigenvalue weighted by Crippen LogP contribution is -2.34. The molecule has 22 nitrogen and oxygen atoms in total. The van der Waals surface area contributed by atoms with E-state index in [4.69, 9.17) is 0 Å². The summed E-state index contributed by atoms with van der Waals surface area (Å²) >= 11 is 2.43. The normalized spacial score (nSPS) is 11.2. The molecular formula is C48H64N14O8S2. The van der Waals surface area contributed by atoms with Gasteiger partial charge in [0.1, 0.15) is 22.8 Å². The van der Waals surface area contributed by atoms with Gasteiger partial charge in [0.2, 0.25) is 11.8 Å². The van der Waals surface area contributed by atoms with Crippen molar-refractivity contribution in [1.29, 1.82) is 0 Å². The molecule has 0 radical (unpaired) electrons. The van der Waals surface area contributed by atoms with E-state index >= 15 is 0 Å². The van der Waals surface area contributed by atoms with Gasteiger partial charge in [0.05, 0.1) is 24.5 Å². The number of aryl methyl sites for hydroxylation is 2. The van der Waals surface area contributed by atoms with Gasteiger partial charge < -0.3 is 50.8 Å². The number of carbonyl (C=O) groups is 8. The first-order valence-corrected chi connectivity index (χ1v) is 24.8. The first-order valence-electron chi connectivity index (χ1n) is 23.2. The predicted molar refractivity (Wildman–Crippen MR) is 279 cm³/mol. The molecule has 0 bridgehead atoms. The Hall–Kier alpha value is -7.28. The smallest absolute Gasteiger partial charge is 0.274 e. The zero-order chi connectivity index (χ0) is 52.8. The van der Waals surface area contributed by atoms with Crippen molar-refractivity contribution in [2.75, 3.05) is 88.7 Å². The van der Waals surface area contributed by atoms with Gasteiger partial charge in [0.25, 0.3) is 35.4 Å². The minimum absolute atomic E-state index is 0.0126. The highest BCUT2D eigenvalue weighted by Crippen LogP contribution is 2.32. The molecule has 0 spiro atoms. The maximum absolute atomic E-state index is 13.3. The second-order valence-electron chi connectivity index (χ2n) is 18.0. The van der Waals surface area contributed by atoms with Crippen molar-refractivity contribution in [3.8, 4) is 0 Å². The van der Waals surface area contributed by atoms with Crippen molar-refractivity contribution in [2.45, 2.75) is 52.4 Å². The lowest BCUT2D eigenvalue weighted by atomic mass is 10.1. The van der Waals surface area contributed by atoms with Crippen molar-refractivity contribution in [3.63, 3.8) is 0 Å². The van der Waals surface area contributed by atoms with E-state index in [1.807, 2.05) is 65.7 Å². The average Bonchev–Trinajstić information content (AvgIpc) is 4.12. The molecular weight excluding hydrogens is 965 g/mol. The summed E-state index contributed by atoms with van der Waals surface area (Å²) in [4.78, 5) is 119. The Labute approximate surface area is 426 Å². The van der Waals surface area contributed by atoms with E-state index in [0.717, 1.165) is 35.7 Å². The second-order valence-corrected chi connectivity index (χ2v) is 20.1. The molecule has 386 valence electrons. The minimum Gasteiger partial charge on any atom is -0.351 e. The number of nitrogens with one attached hydrogen (secondary N) is 8. The Bertz CT molecular complexity index is 2600.